The van der Waals surface area contributed by atoms with Crippen LogP contribution in [0.15, 0.2) is 71.6 Å². The summed E-state index contributed by atoms with van der Waals surface area (Å²) in [6.45, 7) is 4.35. The van der Waals surface area contributed by atoms with Crippen molar-refractivity contribution in [3.63, 3.8) is 0 Å². The number of thioether (sulfide) groups is 1. The van der Waals surface area contributed by atoms with E-state index in [0.29, 0.717) is 0 Å². The van der Waals surface area contributed by atoms with Crippen molar-refractivity contribution in [3.8, 4) is 0 Å². The van der Waals surface area contributed by atoms with Crippen molar-refractivity contribution < 1.29 is 24.6 Å². The number of carbonyl (C=O) groups excluding carboxylic acids is 1. The third kappa shape index (κ3) is 6.57. The Morgan fingerprint density at radius 1 is 0.818 bits per heavy atom. The van der Waals surface area contributed by atoms with Crippen LogP contribution in [0.2, 0.25) is 0 Å². The van der Waals surface area contributed by atoms with Crippen molar-refractivity contribution in [2.75, 3.05) is 32.4 Å². The predicted molar refractivity (Wildman–Crippen MR) is 129 cm³/mol. The fourth-order valence-corrected chi connectivity index (χ4v) is 4.09. The molecule has 172 valence electrons. The van der Waals surface area contributed by atoms with E-state index in [1.54, 1.807) is 11.8 Å². The van der Waals surface area contributed by atoms with Gasteiger partial charge in [0.25, 0.3) is 5.91 Å². The number of nitrogens with zero attached hydrogens (tertiary/aromatic N) is 2. The van der Waals surface area contributed by atoms with Crippen molar-refractivity contribution in [1.82, 2.24) is 9.80 Å². The summed E-state index contributed by atoms with van der Waals surface area (Å²) in [6.07, 6.45) is 2.10. The largest absolute Gasteiger partial charge is 0.473 e. The molecular formula is C25H26N2O5S. The van der Waals surface area contributed by atoms with Gasteiger partial charge >= 0.3 is 11.9 Å². The first-order valence-electron chi connectivity index (χ1n) is 10.5. The molecule has 1 heterocycles. The molecule has 2 N–H and O–H groups in total. The quantitative estimate of drug-likeness (QED) is 0.447. The molecule has 1 fully saturated rings. The maximum atomic E-state index is 13.1. The normalized spacial score (nSPS) is 13.8. The van der Waals surface area contributed by atoms with Gasteiger partial charge in [-0.15, -0.1) is 11.8 Å². The molecule has 0 radical (unpaired) electrons. The van der Waals surface area contributed by atoms with Crippen LogP contribution >= 0.6 is 11.8 Å². The van der Waals surface area contributed by atoms with E-state index < -0.39 is 11.9 Å². The number of benzene rings is 3. The summed E-state index contributed by atoms with van der Waals surface area (Å²) >= 11 is 1.77. The predicted octanol–water partition coefficient (Wildman–Crippen LogP) is 3.68. The second-order valence-corrected chi connectivity index (χ2v) is 8.43. The minimum Gasteiger partial charge on any atom is -0.473 e. The highest BCUT2D eigenvalue weighted by Crippen LogP contribution is 2.21. The van der Waals surface area contributed by atoms with Crippen molar-refractivity contribution in [3.05, 3.63) is 77.9 Å². The molecule has 0 aliphatic carbocycles. The Morgan fingerprint density at radius 3 is 2.03 bits per heavy atom. The number of fused-ring (bicyclic) bond motifs is 1. The minimum atomic E-state index is -1.82. The Bertz CT molecular complexity index is 1110. The molecule has 0 spiro atoms. The number of hydrogen-bond donors (Lipinski definition) is 2. The Kier molecular flexibility index (Phi) is 8.46. The molecule has 3 aromatic carbocycles. The van der Waals surface area contributed by atoms with E-state index in [2.05, 4.69) is 47.6 Å². The fourth-order valence-electron chi connectivity index (χ4n) is 3.68. The number of carboxylic acids is 2. The zero-order chi connectivity index (χ0) is 23.8. The summed E-state index contributed by atoms with van der Waals surface area (Å²) in [5, 5.41) is 16.9. The van der Waals surface area contributed by atoms with Crippen LogP contribution in [-0.4, -0.2) is 70.3 Å². The standard InChI is InChI=1S/C23H24N2OS.C2H2O4/c1-27-20-11-9-18(10-12-20)17-24-13-15-25(16-14-24)23(26)22-8-4-6-19-5-2-3-7-21(19)22;3-1(4)2(5)6/h2-12H,13-17H2,1H3;(H,3,4)(H,5,6). The molecule has 1 aliphatic heterocycles. The number of amides is 1. The monoisotopic (exact) mass is 466 g/mol. The molecule has 1 saturated heterocycles. The van der Waals surface area contributed by atoms with Crippen LogP contribution in [0.5, 0.6) is 0 Å². The Balaban J connectivity index is 0.000000454. The topological polar surface area (TPSA) is 98.2 Å². The Morgan fingerprint density at radius 2 is 1.42 bits per heavy atom. The molecule has 7 nitrogen and oxygen atoms in total. The van der Waals surface area contributed by atoms with Crippen LogP contribution in [0.25, 0.3) is 10.8 Å². The minimum absolute atomic E-state index is 0.149. The lowest BCUT2D eigenvalue weighted by atomic mass is 10.0. The maximum absolute atomic E-state index is 13.1. The van der Waals surface area contributed by atoms with Crippen molar-refractivity contribution >= 4 is 40.4 Å². The molecule has 0 aromatic heterocycles. The van der Waals surface area contributed by atoms with Gasteiger partial charge in [0.15, 0.2) is 0 Å². The molecule has 1 aliphatic rings. The first-order chi connectivity index (χ1) is 15.9. The molecule has 1 amide bonds. The van der Waals surface area contributed by atoms with Crippen LogP contribution in [0.3, 0.4) is 0 Å². The van der Waals surface area contributed by atoms with Gasteiger partial charge in [0.05, 0.1) is 0 Å². The summed E-state index contributed by atoms with van der Waals surface area (Å²) in [5.74, 6) is -3.50. The number of rotatable bonds is 4. The van der Waals surface area contributed by atoms with E-state index in [4.69, 9.17) is 19.8 Å². The van der Waals surface area contributed by atoms with Crippen molar-refractivity contribution in [1.29, 1.82) is 0 Å². The number of carboxylic acid groups (broad SMARTS) is 2. The highest BCUT2D eigenvalue weighted by atomic mass is 32.2. The molecule has 0 saturated carbocycles. The Hall–Kier alpha value is -3.36. The molecule has 0 bridgehead atoms. The fraction of sp³-hybridized carbons (Fsp3) is 0.240. The zero-order valence-corrected chi connectivity index (χ0v) is 19.1. The SMILES string of the molecule is CSc1ccc(CN2CCN(C(=O)c3cccc4ccccc34)CC2)cc1.O=C(O)C(=O)O. The van der Waals surface area contributed by atoms with E-state index in [1.807, 2.05) is 35.2 Å². The second kappa shape index (κ2) is 11.5. The third-order valence-electron chi connectivity index (χ3n) is 5.43. The van der Waals surface area contributed by atoms with Gasteiger partial charge in [-0.25, -0.2) is 9.59 Å². The van der Waals surface area contributed by atoms with Gasteiger partial charge in [-0.05, 0) is 40.8 Å². The Labute approximate surface area is 196 Å². The summed E-state index contributed by atoms with van der Waals surface area (Å²) in [4.78, 5) is 37.0. The average Bonchev–Trinajstić information content (AvgIpc) is 2.84. The summed E-state index contributed by atoms with van der Waals surface area (Å²) in [7, 11) is 0. The van der Waals surface area contributed by atoms with Crippen LogP contribution in [0.1, 0.15) is 15.9 Å². The molecule has 0 unspecified atom stereocenters. The van der Waals surface area contributed by atoms with E-state index >= 15 is 0 Å². The number of aliphatic carboxylic acids is 2. The summed E-state index contributed by atoms with van der Waals surface area (Å²) in [6, 6.07) is 22.9. The first kappa shape index (κ1) is 24.3. The lowest BCUT2D eigenvalue weighted by Crippen LogP contribution is -2.48. The molecule has 0 atom stereocenters. The van der Waals surface area contributed by atoms with Crippen LogP contribution in [0.4, 0.5) is 0 Å². The molecule has 4 rings (SSSR count). The van der Waals surface area contributed by atoms with Gasteiger partial charge in [0, 0.05) is 43.2 Å². The van der Waals surface area contributed by atoms with Gasteiger partial charge in [-0.2, -0.15) is 0 Å². The zero-order valence-electron chi connectivity index (χ0n) is 18.3. The van der Waals surface area contributed by atoms with Crippen molar-refractivity contribution in [2.45, 2.75) is 11.4 Å². The van der Waals surface area contributed by atoms with Gasteiger partial charge < -0.3 is 15.1 Å². The lowest BCUT2D eigenvalue weighted by Gasteiger charge is -2.35. The first-order valence-corrected chi connectivity index (χ1v) is 11.7. The van der Waals surface area contributed by atoms with Gasteiger partial charge in [0.2, 0.25) is 0 Å². The average molecular weight is 467 g/mol. The summed E-state index contributed by atoms with van der Waals surface area (Å²) in [5.41, 5.74) is 2.15. The molecule has 33 heavy (non-hydrogen) atoms. The maximum Gasteiger partial charge on any atom is 0.414 e. The third-order valence-corrected chi connectivity index (χ3v) is 6.17. The van der Waals surface area contributed by atoms with Gasteiger partial charge in [0.1, 0.15) is 0 Å². The number of carbonyl (C=O) groups is 3. The molecule has 8 heteroatoms. The molecule has 3 aromatic rings. The highest BCUT2D eigenvalue weighted by Gasteiger charge is 2.23. The smallest absolute Gasteiger partial charge is 0.414 e. The van der Waals surface area contributed by atoms with Gasteiger partial charge in [-0.3, -0.25) is 9.69 Å². The van der Waals surface area contributed by atoms with E-state index in [0.717, 1.165) is 49.1 Å². The summed E-state index contributed by atoms with van der Waals surface area (Å²) < 4.78 is 0. The van der Waals surface area contributed by atoms with Gasteiger partial charge in [-0.1, -0.05) is 48.5 Å². The highest BCUT2D eigenvalue weighted by molar-refractivity contribution is 7.98. The van der Waals surface area contributed by atoms with Crippen molar-refractivity contribution in [2.24, 2.45) is 0 Å². The van der Waals surface area contributed by atoms with Crippen LogP contribution in [0, 0.1) is 0 Å². The lowest BCUT2D eigenvalue weighted by molar-refractivity contribution is -0.159. The van der Waals surface area contributed by atoms with E-state index in [1.165, 1.54) is 10.5 Å². The number of hydrogen-bond acceptors (Lipinski definition) is 5. The second-order valence-electron chi connectivity index (χ2n) is 7.55. The van der Waals surface area contributed by atoms with Crippen LogP contribution < -0.4 is 0 Å². The van der Waals surface area contributed by atoms with E-state index in [9.17, 15) is 4.79 Å². The van der Waals surface area contributed by atoms with E-state index in [-0.39, 0.29) is 5.91 Å². The molecular weight excluding hydrogens is 440 g/mol. The number of piperazine rings is 1. The van der Waals surface area contributed by atoms with Crippen LogP contribution in [-0.2, 0) is 16.1 Å².